The van der Waals surface area contributed by atoms with Gasteiger partial charge >= 0.3 is 0 Å². The summed E-state index contributed by atoms with van der Waals surface area (Å²) < 4.78 is 0. The van der Waals surface area contributed by atoms with E-state index in [-0.39, 0.29) is 5.91 Å². The molecule has 2 heterocycles. The monoisotopic (exact) mass is 318 g/mol. The molecule has 0 saturated carbocycles. The van der Waals surface area contributed by atoms with Crippen molar-refractivity contribution in [3.05, 3.63) is 65.1 Å². The largest absolute Gasteiger partial charge is 0.358 e. The van der Waals surface area contributed by atoms with Gasteiger partial charge in [0, 0.05) is 28.4 Å². The summed E-state index contributed by atoms with van der Waals surface area (Å²) in [6.07, 6.45) is 7.85. The number of nitrogens with one attached hydrogen (secondary N) is 2. The SMILES string of the molecule is O=C(N/N=C/c1ccccn1)c1ccc2[nH]c3c(c2c1)CCCC3. The average molecular weight is 318 g/mol. The first kappa shape index (κ1) is 14.6. The number of benzene rings is 1. The second kappa shape index (κ2) is 6.28. The van der Waals surface area contributed by atoms with Gasteiger partial charge in [0.15, 0.2) is 0 Å². The number of nitrogens with zero attached hydrogens (tertiary/aromatic N) is 2. The van der Waals surface area contributed by atoms with Crippen molar-refractivity contribution < 1.29 is 4.79 Å². The highest BCUT2D eigenvalue weighted by Gasteiger charge is 2.16. The molecule has 0 bridgehead atoms. The first-order valence-electron chi connectivity index (χ1n) is 8.19. The maximum Gasteiger partial charge on any atom is 0.271 e. The molecular weight excluding hydrogens is 300 g/mol. The summed E-state index contributed by atoms with van der Waals surface area (Å²) >= 11 is 0. The zero-order chi connectivity index (χ0) is 16.4. The number of rotatable bonds is 3. The molecule has 0 unspecified atom stereocenters. The quantitative estimate of drug-likeness (QED) is 0.575. The van der Waals surface area contributed by atoms with Crippen LogP contribution in [0.5, 0.6) is 0 Å². The predicted octanol–water partition coefficient (Wildman–Crippen LogP) is 3.21. The first-order valence-corrected chi connectivity index (χ1v) is 8.19. The molecule has 24 heavy (non-hydrogen) atoms. The summed E-state index contributed by atoms with van der Waals surface area (Å²) in [5.74, 6) is -0.213. The van der Waals surface area contributed by atoms with Crippen LogP contribution >= 0.6 is 0 Å². The minimum Gasteiger partial charge on any atom is -0.358 e. The van der Waals surface area contributed by atoms with Crippen molar-refractivity contribution in [3.63, 3.8) is 0 Å². The van der Waals surface area contributed by atoms with Crippen LogP contribution in [0.1, 0.15) is 40.2 Å². The fourth-order valence-corrected chi connectivity index (χ4v) is 3.22. The molecule has 0 saturated heterocycles. The third-order valence-corrected chi connectivity index (χ3v) is 4.41. The van der Waals surface area contributed by atoms with Crippen LogP contribution in [0.15, 0.2) is 47.7 Å². The number of hydrogen-bond acceptors (Lipinski definition) is 3. The van der Waals surface area contributed by atoms with Crippen LogP contribution in [0, 0.1) is 0 Å². The molecule has 5 heteroatoms. The smallest absolute Gasteiger partial charge is 0.271 e. The molecule has 1 aromatic carbocycles. The second-order valence-electron chi connectivity index (χ2n) is 6.00. The number of amides is 1. The molecule has 0 fully saturated rings. The Morgan fingerprint density at radius 3 is 3.00 bits per heavy atom. The summed E-state index contributed by atoms with van der Waals surface area (Å²) in [7, 11) is 0. The van der Waals surface area contributed by atoms with Gasteiger partial charge in [-0.3, -0.25) is 9.78 Å². The van der Waals surface area contributed by atoms with E-state index in [0.717, 1.165) is 23.7 Å². The van der Waals surface area contributed by atoms with Crippen LogP contribution in [-0.2, 0) is 12.8 Å². The minimum absolute atomic E-state index is 0.213. The lowest BCUT2D eigenvalue weighted by Gasteiger charge is -2.10. The van der Waals surface area contributed by atoms with E-state index in [1.807, 2.05) is 36.4 Å². The van der Waals surface area contributed by atoms with Gasteiger partial charge in [0.2, 0.25) is 0 Å². The maximum absolute atomic E-state index is 12.3. The van der Waals surface area contributed by atoms with Crippen LogP contribution in [0.25, 0.3) is 10.9 Å². The number of carbonyl (C=O) groups excluding carboxylic acids is 1. The minimum atomic E-state index is -0.213. The lowest BCUT2D eigenvalue weighted by molar-refractivity contribution is 0.0955. The Bertz CT molecular complexity index is 912. The second-order valence-corrected chi connectivity index (χ2v) is 6.00. The number of H-pyrrole nitrogens is 1. The molecule has 2 N–H and O–H groups in total. The van der Waals surface area contributed by atoms with Gasteiger partial charge in [0.25, 0.3) is 5.91 Å². The number of aromatic amines is 1. The molecule has 0 aliphatic heterocycles. The molecule has 1 amide bonds. The van der Waals surface area contributed by atoms with Crippen molar-refractivity contribution in [1.29, 1.82) is 0 Å². The normalized spacial score (nSPS) is 14.0. The van der Waals surface area contributed by atoms with Crippen LogP contribution < -0.4 is 5.43 Å². The Hall–Kier alpha value is -2.95. The highest BCUT2D eigenvalue weighted by Crippen LogP contribution is 2.29. The number of aryl methyl sites for hydroxylation is 2. The number of carbonyl (C=O) groups is 1. The van der Waals surface area contributed by atoms with E-state index in [2.05, 4.69) is 20.5 Å². The molecule has 1 aliphatic rings. The molecule has 3 aromatic rings. The Balaban J connectivity index is 1.55. The van der Waals surface area contributed by atoms with Crippen molar-refractivity contribution >= 4 is 23.0 Å². The van der Waals surface area contributed by atoms with Gasteiger partial charge in [-0.15, -0.1) is 0 Å². The van der Waals surface area contributed by atoms with Crippen LogP contribution in [-0.4, -0.2) is 22.1 Å². The summed E-state index contributed by atoms with van der Waals surface area (Å²) in [5, 5.41) is 5.14. The highest BCUT2D eigenvalue weighted by molar-refractivity contribution is 5.99. The number of pyridine rings is 1. The zero-order valence-corrected chi connectivity index (χ0v) is 13.2. The number of fused-ring (bicyclic) bond motifs is 3. The van der Waals surface area contributed by atoms with Gasteiger partial charge in [0.05, 0.1) is 11.9 Å². The van der Waals surface area contributed by atoms with E-state index in [9.17, 15) is 4.79 Å². The van der Waals surface area contributed by atoms with Gasteiger partial charge in [-0.2, -0.15) is 5.10 Å². The van der Waals surface area contributed by atoms with Crippen LogP contribution in [0.3, 0.4) is 0 Å². The van der Waals surface area contributed by atoms with Gasteiger partial charge in [-0.1, -0.05) is 6.07 Å². The molecule has 2 aromatic heterocycles. The van der Waals surface area contributed by atoms with Gasteiger partial charge in [0.1, 0.15) is 0 Å². The Morgan fingerprint density at radius 2 is 2.12 bits per heavy atom. The highest BCUT2D eigenvalue weighted by atomic mass is 16.2. The summed E-state index contributed by atoms with van der Waals surface area (Å²) in [6.45, 7) is 0. The lowest BCUT2D eigenvalue weighted by atomic mass is 9.95. The number of aromatic nitrogens is 2. The third-order valence-electron chi connectivity index (χ3n) is 4.41. The van der Waals surface area contributed by atoms with E-state index >= 15 is 0 Å². The fraction of sp³-hybridized carbons (Fsp3) is 0.211. The summed E-state index contributed by atoms with van der Waals surface area (Å²) in [4.78, 5) is 19.9. The predicted molar refractivity (Wildman–Crippen MR) is 94.2 cm³/mol. The lowest BCUT2D eigenvalue weighted by Crippen LogP contribution is -2.17. The zero-order valence-electron chi connectivity index (χ0n) is 13.2. The van der Waals surface area contributed by atoms with E-state index < -0.39 is 0 Å². The summed E-state index contributed by atoms with van der Waals surface area (Å²) in [6, 6.07) is 11.3. The Kier molecular flexibility index (Phi) is 3.83. The average Bonchev–Trinajstić information content (AvgIpc) is 3.00. The van der Waals surface area contributed by atoms with Crippen LogP contribution in [0.4, 0.5) is 0 Å². The Labute approximate surface area is 139 Å². The molecule has 0 spiro atoms. The molecule has 4 rings (SSSR count). The van der Waals surface area contributed by atoms with Crippen LogP contribution in [0.2, 0.25) is 0 Å². The molecule has 0 atom stereocenters. The summed E-state index contributed by atoms with van der Waals surface area (Å²) in [5.41, 5.74) is 7.68. The molecule has 120 valence electrons. The molecule has 5 nitrogen and oxygen atoms in total. The van der Waals surface area contributed by atoms with E-state index in [1.54, 1.807) is 6.20 Å². The standard InChI is InChI=1S/C19H18N4O/c24-19(23-21-12-14-5-3-4-10-20-14)13-8-9-18-16(11-13)15-6-1-2-7-17(15)22-18/h3-5,8-12,22H,1-2,6-7H2,(H,23,24)/b21-12+. The van der Waals surface area contributed by atoms with Crippen molar-refractivity contribution in [2.45, 2.75) is 25.7 Å². The molecule has 0 radical (unpaired) electrons. The topological polar surface area (TPSA) is 70.1 Å². The van der Waals surface area contributed by atoms with E-state index in [4.69, 9.17) is 0 Å². The first-order chi connectivity index (χ1) is 11.8. The van der Waals surface area contributed by atoms with Crippen molar-refractivity contribution in [2.24, 2.45) is 5.10 Å². The Morgan fingerprint density at radius 1 is 1.21 bits per heavy atom. The van der Waals surface area contributed by atoms with Gasteiger partial charge < -0.3 is 4.98 Å². The maximum atomic E-state index is 12.3. The van der Waals surface area contributed by atoms with Crippen molar-refractivity contribution in [1.82, 2.24) is 15.4 Å². The van der Waals surface area contributed by atoms with Gasteiger partial charge in [-0.25, -0.2) is 5.43 Å². The third kappa shape index (κ3) is 2.80. The number of hydrogen-bond donors (Lipinski definition) is 2. The van der Waals surface area contributed by atoms with E-state index in [1.165, 1.54) is 30.3 Å². The number of hydrazone groups is 1. The molecule has 1 aliphatic carbocycles. The fourth-order valence-electron chi connectivity index (χ4n) is 3.22. The molecular formula is C19H18N4O. The van der Waals surface area contributed by atoms with Crippen molar-refractivity contribution in [2.75, 3.05) is 0 Å². The van der Waals surface area contributed by atoms with Gasteiger partial charge in [-0.05, 0) is 61.6 Å². The van der Waals surface area contributed by atoms with E-state index in [0.29, 0.717) is 11.3 Å². The van der Waals surface area contributed by atoms with Crippen molar-refractivity contribution in [3.8, 4) is 0 Å².